The van der Waals surface area contributed by atoms with Crippen LogP contribution in [0.15, 0.2) is 67.1 Å². The fraction of sp³-hybridized carbons (Fsp3) is 0.0870. The number of nitrogens with zero attached hydrogens (tertiary/aromatic N) is 3. The molecule has 0 radical (unpaired) electrons. The third-order valence-corrected chi connectivity index (χ3v) is 5.41. The molecule has 0 spiro atoms. The standard InChI is InChI=1S/C23H18ClF2N5O4S/c1-36(33,34)30-20-8-16(24)7-19(10-20)29-23(32)15-11-28-31(12-15)22-21(3-2-4-27-22)35-13-14-5-17(25)9-18(26)6-14/h2-12,30H,13H2,1H3,(H,29,32). The normalized spacial score (nSPS) is 11.2. The summed E-state index contributed by atoms with van der Waals surface area (Å²) >= 11 is 6.03. The van der Waals surface area contributed by atoms with Gasteiger partial charge in [-0.25, -0.2) is 26.9 Å². The van der Waals surface area contributed by atoms with E-state index in [9.17, 15) is 22.0 Å². The largest absolute Gasteiger partial charge is 0.485 e. The minimum Gasteiger partial charge on any atom is -0.485 e. The van der Waals surface area contributed by atoms with Gasteiger partial charge in [0, 0.05) is 29.2 Å². The molecule has 0 atom stereocenters. The zero-order valence-corrected chi connectivity index (χ0v) is 20.1. The minimum atomic E-state index is -3.54. The Labute approximate surface area is 209 Å². The second-order valence-electron chi connectivity index (χ2n) is 7.62. The predicted molar refractivity (Wildman–Crippen MR) is 130 cm³/mol. The summed E-state index contributed by atoms with van der Waals surface area (Å²) in [7, 11) is -3.54. The number of pyridine rings is 1. The van der Waals surface area contributed by atoms with Crippen LogP contribution < -0.4 is 14.8 Å². The van der Waals surface area contributed by atoms with Gasteiger partial charge in [0.05, 0.1) is 23.7 Å². The maximum atomic E-state index is 13.5. The third kappa shape index (κ3) is 6.55. The number of hydrogen-bond donors (Lipinski definition) is 2. The Morgan fingerprint density at radius 1 is 1.11 bits per heavy atom. The first kappa shape index (κ1) is 25.1. The fourth-order valence-corrected chi connectivity index (χ4v) is 4.00. The lowest BCUT2D eigenvalue weighted by Gasteiger charge is -2.11. The SMILES string of the molecule is CS(=O)(=O)Nc1cc(Cl)cc(NC(=O)c2cnn(-c3ncccc3OCc3cc(F)cc(F)c3)c2)c1. The molecule has 4 aromatic rings. The van der Waals surface area contributed by atoms with Gasteiger partial charge in [0.15, 0.2) is 11.6 Å². The van der Waals surface area contributed by atoms with E-state index in [4.69, 9.17) is 16.3 Å². The molecule has 0 aliphatic heterocycles. The summed E-state index contributed by atoms with van der Waals surface area (Å²) in [5, 5.41) is 6.99. The lowest BCUT2D eigenvalue weighted by atomic mass is 10.2. The van der Waals surface area contributed by atoms with Crippen LogP contribution >= 0.6 is 11.6 Å². The molecule has 2 aromatic carbocycles. The number of hydrogen-bond acceptors (Lipinski definition) is 6. The van der Waals surface area contributed by atoms with Crippen molar-refractivity contribution in [1.82, 2.24) is 14.8 Å². The number of aromatic nitrogens is 3. The van der Waals surface area contributed by atoms with Crippen LogP contribution in [-0.2, 0) is 16.6 Å². The Morgan fingerprint density at radius 2 is 1.83 bits per heavy atom. The van der Waals surface area contributed by atoms with Crippen LogP contribution in [0.5, 0.6) is 5.75 Å². The topological polar surface area (TPSA) is 115 Å². The van der Waals surface area contributed by atoms with Crippen molar-refractivity contribution < 1.29 is 26.7 Å². The first-order chi connectivity index (χ1) is 17.1. The van der Waals surface area contributed by atoms with Crippen molar-refractivity contribution in [3.05, 3.63) is 94.9 Å². The average molecular weight is 534 g/mol. The van der Waals surface area contributed by atoms with Gasteiger partial charge in [-0.15, -0.1) is 0 Å². The second kappa shape index (κ2) is 10.3. The van der Waals surface area contributed by atoms with E-state index in [0.29, 0.717) is 0 Å². The first-order valence-corrected chi connectivity index (χ1v) is 12.5. The number of carbonyl (C=O) groups is 1. The summed E-state index contributed by atoms with van der Waals surface area (Å²) in [5.74, 6) is -1.47. The van der Waals surface area contributed by atoms with Crippen LogP contribution in [0.3, 0.4) is 0 Å². The smallest absolute Gasteiger partial charge is 0.258 e. The summed E-state index contributed by atoms with van der Waals surface area (Å²) < 4.78 is 59.2. The molecule has 0 aliphatic rings. The van der Waals surface area contributed by atoms with Gasteiger partial charge in [-0.2, -0.15) is 5.10 Å². The van der Waals surface area contributed by atoms with Crippen LogP contribution in [0.25, 0.3) is 5.82 Å². The van der Waals surface area contributed by atoms with E-state index in [1.54, 1.807) is 12.1 Å². The molecule has 186 valence electrons. The van der Waals surface area contributed by atoms with Gasteiger partial charge in [0.25, 0.3) is 5.91 Å². The summed E-state index contributed by atoms with van der Waals surface area (Å²) in [6.07, 6.45) is 5.20. The molecule has 0 unspecified atom stereocenters. The van der Waals surface area contributed by atoms with Crippen LogP contribution in [0, 0.1) is 11.6 Å². The van der Waals surface area contributed by atoms with Crippen LogP contribution in [0.2, 0.25) is 5.02 Å². The quantitative estimate of drug-likeness (QED) is 0.347. The van der Waals surface area contributed by atoms with E-state index >= 15 is 0 Å². The molecule has 2 N–H and O–H groups in total. The van der Waals surface area contributed by atoms with E-state index in [1.165, 1.54) is 41.5 Å². The van der Waals surface area contributed by atoms with Crippen molar-refractivity contribution in [1.29, 1.82) is 0 Å². The molecule has 0 bridgehead atoms. The van der Waals surface area contributed by atoms with E-state index in [0.717, 1.165) is 24.5 Å². The molecule has 36 heavy (non-hydrogen) atoms. The highest BCUT2D eigenvalue weighted by molar-refractivity contribution is 7.92. The monoisotopic (exact) mass is 533 g/mol. The van der Waals surface area contributed by atoms with Gasteiger partial charge >= 0.3 is 0 Å². The molecule has 9 nitrogen and oxygen atoms in total. The molecular formula is C23H18ClF2N5O4S. The number of ether oxygens (including phenoxy) is 1. The van der Waals surface area contributed by atoms with Gasteiger partial charge < -0.3 is 10.1 Å². The molecule has 0 aliphatic carbocycles. The fourth-order valence-electron chi connectivity index (χ4n) is 3.22. The number of nitrogens with one attached hydrogen (secondary N) is 2. The molecule has 2 aromatic heterocycles. The van der Waals surface area contributed by atoms with Crippen LogP contribution in [0.4, 0.5) is 20.2 Å². The number of amides is 1. The molecule has 1 amide bonds. The number of carbonyl (C=O) groups excluding carboxylic acids is 1. The lowest BCUT2D eigenvalue weighted by Crippen LogP contribution is -2.13. The van der Waals surface area contributed by atoms with Crippen molar-refractivity contribution in [3.8, 4) is 11.6 Å². The Bertz CT molecular complexity index is 1530. The van der Waals surface area contributed by atoms with Crippen LogP contribution in [-0.4, -0.2) is 35.3 Å². The highest BCUT2D eigenvalue weighted by Crippen LogP contribution is 2.25. The third-order valence-electron chi connectivity index (χ3n) is 4.59. The maximum Gasteiger partial charge on any atom is 0.258 e. The highest BCUT2D eigenvalue weighted by Gasteiger charge is 2.15. The zero-order chi connectivity index (χ0) is 25.9. The second-order valence-corrected chi connectivity index (χ2v) is 9.81. The highest BCUT2D eigenvalue weighted by atomic mass is 35.5. The maximum absolute atomic E-state index is 13.5. The van der Waals surface area contributed by atoms with E-state index in [2.05, 4.69) is 20.1 Å². The lowest BCUT2D eigenvalue weighted by molar-refractivity contribution is 0.102. The van der Waals surface area contributed by atoms with Crippen molar-refractivity contribution in [2.75, 3.05) is 16.3 Å². The first-order valence-electron chi connectivity index (χ1n) is 10.2. The van der Waals surface area contributed by atoms with E-state index in [1.807, 2.05) is 0 Å². The molecule has 0 saturated heterocycles. The number of anilines is 2. The molecule has 2 heterocycles. The summed E-state index contributed by atoms with van der Waals surface area (Å²) in [6, 6.07) is 10.6. The van der Waals surface area contributed by atoms with Crippen LogP contribution in [0.1, 0.15) is 15.9 Å². The van der Waals surface area contributed by atoms with Crippen molar-refractivity contribution in [3.63, 3.8) is 0 Å². The Balaban J connectivity index is 1.51. The number of benzene rings is 2. The number of rotatable bonds is 8. The molecule has 0 fully saturated rings. The van der Waals surface area contributed by atoms with Crippen molar-refractivity contribution >= 4 is 38.9 Å². The van der Waals surface area contributed by atoms with Crippen molar-refractivity contribution in [2.45, 2.75) is 6.61 Å². The van der Waals surface area contributed by atoms with Gasteiger partial charge in [0.1, 0.15) is 18.2 Å². The molecule has 0 saturated carbocycles. The van der Waals surface area contributed by atoms with Gasteiger partial charge in [0.2, 0.25) is 10.0 Å². The van der Waals surface area contributed by atoms with Gasteiger partial charge in [-0.3, -0.25) is 9.52 Å². The van der Waals surface area contributed by atoms with E-state index in [-0.39, 0.29) is 45.7 Å². The predicted octanol–water partition coefficient (Wildman–Crippen LogP) is 4.40. The van der Waals surface area contributed by atoms with Crippen molar-refractivity contribution in [2.24, 2.45) is 0 Å². The summed E-state index contributed by atoms with van der Waals surface area (Å²) in [6.45, 7) is -0.124. The van der Waals surface area contributed by atoms with Gasteiger partial charge in [-0.1, -0.05) is 11.6 Å². The number of sulfonamides is 1. The molecular weight excluding hydrogens is 516 g/mol. The summed E-state index contributed by atoms with van der Waals surface area (Å²) in [5.41, 5.74) is 0.894. The Kier molecular flexibility index (Phi) is 7.17. The van der Waals surface area contributed by atoms with Gasteiger partial charge in [-0.05, 0) is 48.0 Å². The molecule has 13 heteroatoms. The minimum absolute atomic E-state index is 0.124. The average Bonchev–Trinajstić information content (AvgIpc) is 3.26. The summed E-state index contributed by atoms with van der Waals surface area (Å²) in [4.78, 5) is 17.0. The Hall–Kier alpha value is -4.03. The number of halogens is 3. The molecule has 4 rings (SSSR count). The van der Waals surface area contributed by atoms with E-state index < -0.39 is 27.6 Å². The zero-order valence-electron chi connectivity index (χ0n) is 18.6. The Morgan fingerprint density at radius 3 is 2.56 bits per heavy atom.